The topological polar surface area (TPSA) is 56.7 Å². The van der Waals surface area contributed by atoms with Gasteiger partial charge in [-0.15, -0.1) is 10.2 Å². The summed E-state index contributed by atoms with van der Waals surface area (Å²) < 4.78 is 2.25. The zero-order chi connectivity index (χ0) is 13.1. The van der Waals surface area contributed by atoms with Crippen LogP contribution in [0.25, 0.3) is 11.4 Å². The summed E-state index contributed by atoms with van der Waals surface area (Å²) in [6, 6.07) is 8.87. The molecule has 4 heteroatoms. The van der Waals surface area contributed by atoms with Gasteiger partial charge in [-0.2, -0.15) is 0 Å². The summed E-state index contributed by atoms with van der Waals surface area (Å²) in [4.78, 5) is 0. The predicted molar refractivity (Wildman–Crippen MR) is 75.5 cm³/mol. The first kappa shape index (κ1) is 12.4. The Bertz CT molecular complexity index is 523. The van der Waals surface area contributed by atoms with E-state index in [-0.39, 0.29) is 0 Å². The second-order valence-electron chi connectivity index (χ2n) is 5.25. The highest BCUT2D eigenvalue weighted by atomic mass is 15.3. The second kappa shape index (κ2) is 5.53. The Kier molecular flexibility index (Phi) is 3.60. The maximum Gasteiger partial charge on any atom is 0.163 e. The first-order valence-electron chi connectivity index (χ1n) is 7.07. The highest BCUT2D eigenvalue weighted by Gasteiger charge is 2.19. The van der Waals surface area contributed by atoms with E-state index in [9.17, 15) is 0 Å². The summed E-state index contributed by atoms with van der Waals surface area (Å²) in [5, 5.41) is 8.40. The van der Waals surface area contributed by atoms with Crippen molar-refractivity contribution in [3.8, 4) is 11.4 Å². The molecule has 0 unspecified atom stereocenters. The standard InChI is InChI=1S/C15H20N4/c16-10-12-6-8-13(9-7-12)15-18-17-11-19(15)14-4-2-1-3-5-14/h6-9,11,14H,1-5,10,16H2. The van der Waals surface area contributed by atoms with Crippen molar-refractivity contribution in [3.63, 3.8) is 0 Å². The number of benzene rings is 1. The number of nitrogens with zero attached hydrogens (tertiary/aromatic N) is 3. The van der Waals surface area contributed by atoms with Gasteiger partial charge in [0.2, 0.25) is 0 Å². The summed E-state index contributed by atoms with van der Waals surface area (Å²) >= 11 is 0. The Morgan fingerprint density at radius 1 is 1.11 bits per heavy atom. The van der Waals surface area contributed by atoms with Crippen molar-refractivity contribution in [1.82, 2.24) is 14.8 Å². The Balaban J connectivity index is 1.89. The lowest BCUT2D eigenvalue weighted by Gasteiger charge is -2.24. The van der Waals surface area contributed by atoms with E-state index in [0.717, 1.165) is 17.0 Å². The molecule has 2 aromatic rings. The monoisotopic (exact) mass is 256 g/mol. The Labute approximate surface area is 113 Å². The Morgan fingerprint density at radius 2 is 1.84 bits per heavy atom. The fourth-order valence-electron chi connectivity index (χ4n) is 2.87. The second-order valence-corrected chi connectivity index (χ2v) is 5.25. The van der Waals surface area contributed by atoms with Crippen LogP contribution in [0.4, 0.5) is 0 Å². The summed E-state index contributed by atoms with van der Waals surface area (Å²) in [5.41, 5.74) is 7.90. The van der Waals surface area contributed by atoms with Crippen LogP contribution in [0.1, 0.15) is 43.7 Å². The third-order valence-corrected chi connectivity index (χ3v) is 3.99. The fraction of sp³-hybridized carbons (Fsp3) is 0.467. The molecule has 0 aliphatic heterocycles. The van der Waals surface area contributed by atoms with E-state index < -0.39 is 0 Å². The van der Waals surface area contributed by atoms with Crippen LogP contribution in [-0.4, -0.2) is 14.8 Å². The number of hydrogen-bond donors (Lipinski definition) is 1. The van der Waals surface area contributed by atoms with E-state index in [4.69, 9.17) is 5.73 Å². The molecule has 3 rings (SSSR count). The molecular weight excluding hydrogens is 236 g/mol. The lowest BCUT2D eigenvalue weighted by molar-refractivity contribution is 0.355. The molecular formula is C15H20N4. The molecule has 0 amide bonds. The zero-order valence-electron chi connectivity index (χ0n) is 11.1. The van der Waals surface area contributed by atoms with E-state index in [1.807, 2.05) is 6.33 Å². The quantitative estimate of drug-likeness (QED) is 0.918. The van der Waals surface area contributed by atoms with Gasteiger partial charge < -0.3 is 10.3 Å². The molecule has 1 aliphatic carbocycles. The van der Waals surface area contributed by atoms with Gasteiger partial charge in [-0.3, -0.25) is 0 Å². The van der Waals surface area contributed by atoms with Gasteiger partial charge >= 0.3 is 0 Å². The van der Waals surface area contributed by atoms with Crippen molar-refractivity contribution in [2.45, 2.75) is 44.7 Å². The van der Waals surface area contributed by atoms with Crippen molar-refractivity contribution >= 4 is 0 Å². The van der Waals surface area contributed by atoms with Crippen molar-refractivity contribution in [1.29, 1.82) is 0 Å². The van der Waals surface area contributed by atoms with Crippen molar-refractivity contribution in [3.05, 3.63) is 36.2 Å². The first-order chi connectivity index (χ1) is 9.38. The van der Waals surface area contributed by atoms with Gasteiger partial charge in [-0.05, 0) is 18.4 Å². The van der Waals surface area contributed by atoms with E-state index in [1.54, 1.807) is 0 Å². The lowest BCUT2D eigenvalue weighted by Crippen LogP contribution is -2.13. The van der Waals surface area contributed by atoms with Gasteiger partial charge in [0.05, 0.1) is 0 Å². The Morgan fingerprint density at radius 3 is 2.53 bits per heavy atom. The molecule has 19 heavy (non-hydrogen) atoms. The molecule has 4 nitrogen and oxygen atoms in total. The Hall–Kier alpha value is -1.68. The van der Waals surface area contributed by atoms with Gasteiger partial charge in [0, 0.05) is 18.2 Å². The van der Waals surface area contributed by atoms with E-state index in [0.29, 0.717) is 12.6 Å². The highest BCUT2D eigenvalue weighted by Crippen LogP contribution is 2.31. The molecule has 0 bridgehead atoms. The molecule has 2 N–H and O–H groups in total. The van der Waals surface area contributed by atoms with E-state index in [2.05, 4.69) is 39.0 Å². The van der Waals surface area contributed by atoms with Crippen LogP contribution in [-0.2, 0) is 6.54 Å². The SMILES string of the molecule is NCc1ccc(-c2nncn2C2CCCCC2)cc1. The summed E-state index contributed by atoms with van der Waals surface area (Å²) in [6.45, 7) is 0.579. The maximum absolute atomic E-state index is 5.63. The third-order valence-electron chi connectivity index (χ3n) is 3.99. The van der Waals surface area contributed by atoms with Crippen LogP contribution in [0.3, 0.4) is 0 Å². The van der Waals surface area contributed by atoms with Crippen LogP contribution in [0.15, 0.2) is 30.6 Å². The lowest BCUT2D eigenvalue weighted by atomic mass is 9.95. The van der Waals surface area contributed by atoms with Crippen LogP contribution >= 0.6 is 0 Å². The molecule has 1 saturated carbocycles. The number of nitrogens with two attached hydrogens (primary N) is 1. The van der Waals surface area contributed by atoms with E-state index >= 15 is 0 Å². The summed E-state index contributed by atoms with van der Waals surface area (Å²) in [5.74, 6) is 0.982. The van der Waals surface area contributed by atoms with Crippen molar-refractivity contribution < 1.29 is 0 Å². The molecule has 0 spiro atoms. The van der Waals surface area contributed by atoms with Crippen LogP contribution in [0.5, 0.6) is 0 Å². The molecule has 0 radical (unpaired) electrons. The van der Waals surface area contributed by atoms with Crippen LogP contribution in [0, 0.1) is 0 Å². The smallest absolute Gasteiger partial charge is 0.163 e. The van der Waals surface area contributed by atoms with Crippen LogP contribution in [0.2, 0.25) is 0 Å². The average Bonchev–Trinajstić information content (AvgIpc) is 2.98. The van der Waals surface area contributed by atoms with Crippen molar-refractivity contribution in [2.75, 3.05) is 0 Å². The van der Waals surface area contributed by atoms with Crippen LogP contribution < -0.4 is 5.73 Å². The third kappa shape index (κ3) is 2.54. The maximum atomic E-state index is 5.63. The number of hydrogen-bond acceptors (Lipinski definition) is 3. The summed E-state index contributed by atoms with van der Waals surface area (Å²) in [6.07, 6.45) is 8.35. The number of rotatable bonds is 3. The zero-order valence-corrected chi connectivity index (χ0v) is 11.1. The van der Waals surface area contributed by atoms with Gasteiger partial charge in [-0.1, -0.05) is 43.5 Å². The molecule has 0 saturated heterocycles. The largest absolute Gasteiger partial charge is 0.326 e. The molecule has 1 aliphatic rings. The van der Waals surface area contributed by atoms with Gasteiger partial charge in [0.1, 0.15) is 6.33 Å². The molecule has 1 aromatic heterocycles. The minimum atomic E-state index is 0.563. The van der Waals surface area contributed by atoms with E-state index in [1.165, 1.54) is 32.1 Å². The summed E-state index contributed by atoms with van der Waals surface area (Å²) in [7, 11) is 0. The minimum Gasteiger partial charge on any atom is -0.326 e. The first-order valence-corrected chi connectivity index (χ1v) is 7.07. The van der Waals surface area contributed by atoms with Gasteiger partial charge in [0.25, 0.3) is 0 Å². The normalized spacial score (nSPS) is 16.7. The molecule has 1 aromatic carbocycles. The fourth-order valence-corrected chi connectivity index (χ4v) is 2.87. The number of aromatic nitrogens is 3. The molecule has 0 atom stereocenters. The van der Waals surface area contributed by atoms with Crippen molar-refractivity contribution in [2.24, 2.45) is 5.73 Å². The molecule has 1 heterocycles. The molecule has 1 fully saturated rings. The highest BCUT2D eigenvalue weighted by molar-refractivity contribution is 5.55. The predicted octanol–water partition coefficient (Wildman–Crippen LogP) is 2.91. The van der Waals surface area contributed by atoms with Gasteiger partial charge in [0.15, 0.2) is 5.82 Å². The van der Waals surface area contributed by atoms with Gasteiger partial charge in [-0.25, -0.2) is 0 Å². The molecule has 100 valence electrons. The average molecular weight is 256 g/mol. The minimum absolute atomic E-state index is 0.563.